The van der Waals surface area contributed by atoms with Crippen molar-refractivity contribution in [3.63, 3.8) is 0 Å². The van der Waals surface area contributed by atoms with Crippen LogP contribution in [0.5, 0.6) is 0 Å². The summed E-state index contributed by atoms with van der Waals surface area (Å²) in [6.45, 7) is 7.13. The molecule has 7 nitrogen and oxygen atoms in total. The minimum absolute atomic E-state index is 0.144. The van der Waals surface area contributed by atoms with Gasteiger partial charge in [-0.25, -0.2) is 8.42 Å². The SMILES string of the molecule is CCC(C(=O)NCC(C)C)N(CCc1ccccc1)C(=O)CCCN(c1ccccc1)S(C)(=O)=O. The maximum atomic E-state index is 13.4. The zero-order chi connectivity index (χ0) is 25.8. The average Bonchev–Trinajstić information content (AvgIpc) is 2.83. The minimum atomic E-state index is -3.49. The van der Waals surface area contributed by atoms with Crippen molar-refractivity contribution >= 4 is 27.5 Å². The first-order chi connectivity index (χ1) is 16.6. The second kappa shape index (κ2) is 13.9. The quantitative estimate of drug-likeness (QED) is 0.426. The molecule has 2 aromatic rings. The van der Waals surface area contributed by atoms with Gasteiger partial charge in [-0.1, -0.05) is 69.3 Å². The summed E-state index contributed by atoms with van der Waals surface area (Å²) >= 11 is 0. The predicted octanol–water partition coefficient (Wildman–Crippen LogP) is 3.85. The topological polar surface area (TPSA) is 86.8 Å². The third kappa shape index (κ3) is 9.36. The Bertz CT molecular complexity index is 1030. The highest BCUT2D eigenvalue weighted by Gasteiger charge is 2.28. The molecule has 0 saturated carbocycles. The molecule has 0 heterocycles. The second-order valence-electron chi connectivity index (χ2n) is 9.16. The van der Waals surface area contributed by atoms with Gasteiger partial charge in [0, 0.05) is 26.1 Å². The van der Waals surface area contributed by atoms with Crippen molar-refractivity contribution in [2.24, 2.45) is 5.92 Å². The van der Waals surface area contributed by atoms with E-state index in [1.807, 2.05) is 57.2 Å². The summed E-state index contributed by atoms with van der Waals surface area (Å²) in [6, 6.07) is 18.2. The van der Waals surface area contributed by atoms with Crippen molar-refractivity contribution in [1.29, 1.82) is 0 Å². The molecule has 8 heteroatoms. The lowest BCUT2D eigenvalue weighted by Crippen LogP contribution is -2.50. The van der Waals surface area contributed by atoms with Gasteiger partial charge in [-0.2, -0.15) is 0 Å². The van der Waals surface area contributed by atoms with E-state index in [2.05, 4.69) is 5.32 Å². The van der Waals surface area contributed by atoms with Gasteiger partial charge in [-0.3, -0.25) is 13.9 Å². The van der Waals surface area contributed by atoms with Crippen LogP contribution in [-0.4, -0.2) is 57.1 Å². The van der Waals surface area contributed by atoms with Crippen molar-refractivity contribution in [2.45, 2.75) is 52.5 Å². The molecule has 0 fully saturated rings. The largest absolute Gasteiger partial charge is 0.354 e. The standard InChI is InChI=1S/C27H39N3O4S/c1-5-25(27(32)28-21-22(2)3)29(20-18-23-13-8-6-9-14-23)26(31)17-12-19-30(35(4,33)34)24-15-10-7-11-16-24/h6-11,13-16,22,25H,5,12,17-21H2,1-4H3,(H,28,32). The lowest BCUT2D eigenvalue weighted by atomic mass is 10.1. The van der Waals surface area contributed by atoms with Gasteiger partial charge < -0.3 is 10.2 Å². The number of carbonyl (C=O) groups excluding carboxylic acids is 2. The van der Waals surface area contributed by atoms with Crippen LogP contribution in [0.1, 0.15) is 45.6 Å². The van der Waals surface area contributed by atoms with Crippen LogP contribution in [0.2, 0.25) is 0 Å². The van der Waals surface area contributed by atoms with Crippen molar-refractivity contribution in [3.8, 4) is 0 Å². The molecule has 0 aromatic heterocycles. The molecule has 1 atom stereocenters. The molecule has 35 heavy (non-hydrogen) atoms. The monoisotopic (exact) mass is 501 g/mol. The summed E-state index contributed by atoms with van der Waals surface area (Å²) in [7, 11) is -3.49. The predicted molar refractivity (Wildman–Crippen MR) is 142 cm³/mol. The molecule has 0 saturated heterocycles. The third-order valence-corrected chi connectivity index (χ3v) is 6.95. The Labute approximate surface area is 210 Å². The molecule has 0 aliphatic carbocycles. The van der Waals surface area contributed by atoms with Crippen LogP contribution in [0.25, 0.3) is 0 Å². The summed E-state index contributed by atoms with van der Waals surface area (Å²) in [5, 5.41) is 2.96. The lowest BCUT2D eigenvalue weighted by molar-refractivity contribution is -0.140. The Morgan fingerprint density at radius 1 is 0.943 bits per heavy atom. The number of benzene rings is 2. The van der Waals surface area contributed by atoms with Gasteiger partial charge in [0.05, 0.1) is 11.9 Å². The molecule has 2 amide bonds. The summed E-state index contributed by atoms with van der Waals surface area (Å²) in [5.41, 5.74) is 1.66. The highest BCUT2D eigenvalue weighted by molar-refractivity contribution is 7.92. The molecule has 0 aliphatic rings. The molecule has 0 aliphatic heterocycles. The zero-order valence-electron chi connectivity index (χ0n) is 21.3. The van der Waals surface area contributed by atoms with Crippen LogP contribution in [0, 0.1) is 5.92 Å². The van der Waals surface area contributed by atoms with E-state index in [0.717, 1.165) is 5.56 Å². The molecular formula is C27H39N3O4S. The van der Waals surface area contributed by atoms with Crippen molar-refractivity contribution in [2.75, 3.05) is 30.2 Å². The number of anilines is 1. The van der Waals surface area contributed by atoms with E-state index in [1.165, 1.54) is 10.6 Å². The number of nitrogens with zero attached hydrogens (tertiary/aromatic N) is 2. The molecule has 1 unspecified atom stereocenters. The van der Waals surface area contributed by atoms with E-state index in [9.17, 15) is 18.0 Å². The van der Waals surface area contributed by atoms with E-state index in [1.54, 1.807) is 29.2 Å². The van der Waals surface area contributed by atoms with Crippen LogP contribution in [0.15, 0.2) is 60.7 Å². The lowest BCUT2D eigenvalue weighted by Gasteiger charge is -2.31. The van der Waals surface area contributed by atoms with Gasteiger partial charge in [-0.05, 0) is 42.9 Å². The molecule has 0 spiro atoms. The van der Waals surface area contributed by atoms with Crippen molar-refractivity contribution < 1.29 is 18.0 Å². The highest BCUT2D eigenvalue weighted by Crippen LogP contribution is 2.18. The number of carbonyl (C=O) groups is 2. The fraction of sp³-hybridized carbons (Fsp3) is 0.481. The van der Waals surface area contributed by atoms with E-state index >= 15 is 0 Å². The Kier molecular flexibility index (Phi) is 11.2. The molecular weight excluding hydrogens is 462 g/mol. The molecule has 1 N–H and O–H groups in total. The molecule has 0 radical (unpaired) electrons. The first-order valence-corrected chi connectivity index (χ1v) is 14.1. The van der Waals surface area contributed by atoms with E-state index < -0.39 is 16.1 Å². The Morgan fingerprint density at radius 3 is 2.09 bits per heavy atom. The average molecular weight is 502 g/mol. The summed E-state index contributed by atoms with van der Waals surface area (Å²) < 4.78 is 26.0. The summed E-state index contributed by atoms with van der Waals surface area (Å²) in [5.74, 6) is 0.0172. The van der Waals surface area contributed by atoms with Crippen LogP contribution < -0.4 is 9.62 Å². The molecule has 0 bridgehead atoms. The Morgan fingerprint density at radius 2 is 1.54 bits per heavy atom. The summed E-state index contributed by atoms with van der Waals surface area (Å²) in [6.07, 6.45) is 2.82. The van der Waals surface area contributed by atoms with Gasteiger partial charge >= 0.3 is 0 Å². The van der Waals surface area contributed by atoms with E-state index in [0.29, 0.717) is 44.0 Å². The Balaban J connectivity index is 2.12. The highest BCUT2D eigenvalue weighted by atomic mass is 32.2. The minimum Gasteiger partial charge on any atom is -0.354 e. The van der Waals surface area contributed by atoms with Gasteiger partial charge in [0.25, 0.3) is 0 Å². The van der Waals surface area contributed by atoms with Crippen molar-refractivity contribution in [3.05, 3.63) is 66.2 Å². The smallest absolute Gasteiger partial charge is 0.242 e. The van der Waals surface area contributed by atoms with Gasteiger partial charge in [0.2, 0.25) is 21.8 Å². The third-order valence-electron chi connectivity index (χ3n) is 5.75. The molecule has 2 rings (SSSR count). The number of hydrogen-bond donors (Lipinski definition) is 1. The first kappa shape index (κ1) is 28.4. The fourth-order valence-corrected chi connectivity index (χ4v) is 4.88. The van der Waals surface area contributed by atoms with Crippen LogP contribution in [0.4, 0.5) is 5.69 Å². The van der Waals surface area contributed by atoms with Crippen LogP contribution in [-0.2, 0) is 26.0 Å². The second-order valence-corrected chi connectivity index (χ2v) is 11.1. The fourth-order valence-electron chi connectivity index (χ4n) is 3.92. The van der Waals surface area contributed by atoms with Gasteiger partial charge in [0.1, 0.15) is 6.04 Å². The number of rotatable bonds is 14. The number of para-hydroxylation sites is 1. The van der Waals surface area contributed by atoms with E-state index in [-0.39, 0.29) is 24.8 Å². The number of amides is 2. The van der Waals surface area contributed by atoms with Crippen LogP contribution in [0.3, 0.4) is 0 Å². The maximum Gasteiger partial charge on any atom is 0.242 e. The van der Waals surface area contributed by atoms with Gasteiger partial charge in [-0.15, -0.1) is 0 Å². The Hall–Kier alpha value is -2.87. The van der Waals surface area contributed by atoms with Crippen LogP contribution >= 0.6 is 0 Å². The maximum absolute atomic E-state index is 13.4. The zero-order valence-corrected chi connectivity index (χ0v) is 22.1. The summed E-state index contributed by atoms with van der Waals surface area (Å²) in [4.78, 5) is 28.0. The van der Waals surface area contributed by atoms with E-state index in [4.69, 9.17) is 0 Å². The normalized spacial score (nSPS) is 12.3. The number of hydrogen-bond acceptors (Lipinski definition) is 4. The number of sulfonamides is 1. The molecule has 2 aromatic carbocycles. The number of nitrogens with one attached hydrogen (secondary N) is 1. The molecule has 192 valence electrons. The van der Waals surface area contributed by atoms with Crippen molar-refractivity contribution in [1.82, 2.24) is 10.2 Å². The first-order valence-electron chi connectivity index (χ1n) is 12.3. The van der Waals surface area contributed by atoms with Gasteiger partial charge in [0.15, 0.2) is 0 Å².